The lowest BCUT2D eigenvalue weighted by molar-refractivity contribution is 0.0739. The fourth-order valence-electron chi connectivity index (χ4n) is 1.90. The van der Waals surface area contributed by atoms with Crippen molar-refractivity contribution in [2.45, 2.75) is 13.3 Å². The number of ether oxygens (including phenoxy) is 1. The van der Waals surface area contributed by atoms with E-state index in [1.807, 2.05) is 0 Å². The van der Waals surface area contributed by atoms with E-state index in [-0.39, 0.29) is 12.3 Å². The van der Waals surface area contributed by atoms with E-state index in [4.69, 9.17) is 4.74 Å². The third-order valence-corrected chi connectivity index (χ3v) is 4.92. The normalized spacial score (nSPS) is 11.2. The largest absolute Gasteiger partial charge is 0.422 e. The summed E-state index contributed by atoms with van der Waals surface area (Å²) in [4.78, 5) is 24.6. The summed E-state index contributed by atoms with van der Waals surface area (Å²) in [5, 5.41) is 0. The molecule has 0 radical (unpaired) electrons. The van der Waals surface area contributed by atoms with Gasteiger partial charge in [-0.15, -0.1) is 11.3 Å². The average molecular weight is 367 g/mol. The van der Waals surface area contributed by atoms with Gasteiger partial charge in [-0.05, 0) is 49.7 Å². The first kappa shape index (κ1) is 18.3. The molecule has 0 spiro atoms. The minimum Gasteiger partial charge on any atom is -0.422 e. The van der Waals surface area contributed by atoms with E-state index in [1.54, 1.807) is 36.4 Å². The number of carbonyl (C=O) groups excluding carboxylic acids is 2. The molecular formula is C16H17NO5S2. The molecule has 2 aromatic rings. The van der Waals surface area contributed by atoms with Crippen LogP contribution in [0.1, 0.15) is 31.8 Å². The molecule has 1 aromatic heterocycles. The maximum atomic E-state index is 12.1. The quantitative estimate of drug-likeness (QED) is 0.461. The molecule has 6 nitrogen and oxygen atoms in total. The Kier molecular flexibility index (Phi) is 5.87. The predicted octanol–water partition coefficient (Wildman–Crippen LogP) is 2.26. The van der Waals surface area contributed by atoms with E-state index in [1.165, 1.54) is 18.3 Å². The number of hydrogen-bond donors (Lipinski definition) is 1. The van der Waals surface area contributed by atoms with Crippen molar-refractivity contribution in [2.24, 2.45) is 0 Å². The molecule has 0 bridgehead atoms. The van der Waals surface area contributed by atoms with Crippen LogP contribution in [0, 0.1) is 0 Å². The van der Waals surface area contributed by atoms with Gasteiger partial charge < -0.3 is 4.74 Å². The second-order valence-electron chi connectivity index (χ2n) is 5.15. The summed E-state index contributed by atoms with van der Waals surface area (Å²) in [5.41, 5.74) is 0.548. The van der Waals surface area contributed by atoms with Crippen molar-refractivity contribution in [1.82, 2.24) is 4.72 Å². The fraction of sp³-hybridized carbons (Fsp3) is 0.250. The van der Waals surface area contributed by atoms with Crippen molar-refractivity contribution in [3.63, 3.8) is 0 Å². The van der Waals surface area contributed by atoms with Crippen LogP contribution < -0.4 is 9.46 Å². The third-order valence-electron chi connectivity index (χ3n) is 3.07. The number of hydrogen-bond acceptors (Lipinski definition) is 6. The molecule has 0 aliphatic carbocycles. The highest BCUT2D eigenvalue weighted by Crippen LogP contribution is 2.20. The van der Waals surface area contributed by atoms with Gasteiger partial charge in [0.1, 0.15) is 10.6 Å². The number of ketones is 1. The highest BCUT2D eigenvalue weighted by atomic mass is 32.2. The monoisotopic (exact) mass is 367 g/mol. The van der Waals surface area contributed by atoms with E-state index in [2.05, 4.69) is 4.72 Å². The van der Waals surface area contributed by atoms with Crippen LogP contribution in [-0.4, -0.2) is 33.0 Å². The van der Waals surface area contributed by atoms with Crippen LogP contribution in [0.3, 0.4) is 0 Å². The van der Waals surface area contributed by atoms with E-state index >= 15 is 0 Å². The minimum absolute atomic E-state index is 0.0570. The number of nitrogens with one attached hydrogen (secondary N) is 1. The zero-order valence-corrected chi connectivity index (χ0v) is 14.9. The first-order chi connectivity index (χ1) is 11.2. The summed E-state index contributed by atoms with van der Waals surface area (Å²) in [6, 6.07) is 9.75. The Bertz CT molecular complexity index is 838. The molecule has 8 heteroatoms. The molecule has 1 heterocycles. The van der Waals surface area contributed by atoms with Crippen molar-refractivity contribution in [1.29, 1.82) is 0 Å². The highest BCUT2D eigenvalue weighted by molar-refractivity contribution is 7.88. The molecule has 0 saturated heterocycles. The van der Waals surface area contributed by atoms with E-state index in [0.29, 0.717) is 22.6 Å². The van der Waals surface area contributed by atoms with Gasteiger partial charge in [0.05, 0.1) is 6.26 Å². The van der Waals surface area contributed by atoms with Gasteiger partial charge in [-0.25, -0.2) is 17.9 Å². The lowest BCUT2D eigenvalue weighted by Crippen LogP contribution is -2.24. The third kappa shape index (κ3) is 5.55. The first-order valence-corrected chi connectivity index (χ1v) is 9.82. The summed E-state index contributed by atoms with van der Waals surface area (Å²) in [6.07, 6.45) is 1.60. The summed E-state index contributed by atoms with van der Waals surface area (Å²) in [7, 11) is -3.22. The van der Waals surface area contributed by atoms with Crippen LogP contribution in [0.2, 0.25) is 0 Å². The van der Waals surface area contributed by atoms with Gasteiger partial charge in [0.15, 0.2) is 5.78 Å². The van der Waals surface area contributed by atoms with Crippen molar-refractivity contribution in [3.8, 4) is 5.75 Å². The number of sulfonamides is 1. The van der Waals surface area contributed by atoms with E-state index in [0.717, 1.165) is 11.1 Å². The van der Waals surface area contributed by atoms with Gasteiger partial charge >= 0.3 is 5.97 Å². The number of thiophene rings is 1. The van der Waals surface area contributed by atoms with Crippen LogP contribution in [-0.2, 0) is 16.4 Å². The Morgan fingerprint density at radius 3 is 2.38 bits per heavy atom. The van der Waals surface area contributed by atoms with Gasteiger partial charge in [-0.1, -0.05) is 0 Å². The maximum Gasteiger partial charge on any atom is 0.353 e. The highest BCUT2D eigenvalue weighted by Gasteiger charge is 2.12. The molecule has 0 unspecified atom stereocenters. The van der Waals surface area contributed by atoms with Crippen molar-refractivity contribution < 1.29 is 22.7 Å². The molecular weight excluding hydrogens is 350 g/mol. The van der Waals surface area contributed by atoms with Gasteiger partial charge in [0.25, 0.3) is 0 Å². The molecule has 1 N–H and O–H groups in total. The standard InChI is InChI=1S/C16H17NO5S2/c1-11(18)12-3-5-13(6-4-12)22-16(19)15-8-7-14(23-15)9-10-17-24(2,20)21/h3-8,17H,9-10H2,1-2H3. The SMILES string of the molecule is CC(=O)c1ccc(OC(=O)c2ccc(CCNS(C)(=O)=O)s2)cc1. The zero-order chi connectivity index (χ0) is 17.7. The molecule has 128 valence electrons. The van der Waals surface area contributed by atoms with Gasteiger partial charge in [0, 0.05) is 17.0 Å². The average Bonchev–Trinajstić information content (AvgIpc) is 2.95. The number of rotatable bonds is 7. The molecule has 0 atom stereocenters. The Hall–Kier alpha value is -2.03. The molecule has 0 aliphatic rings. The minimum atomic E-state index is -3.22. The summed E-state index contributed by atoms with van der Waals surface area (Å²) >= 11 is 1.26. The summed E-state index contributed by atoms with van der Waals surface area (Å²) in [5.74, 6) is -0.185. The number of Topliss-reactive ketones (excluding diaryl/α,β-unsaturated/α-hetero) is 1. The number of carbonyl (C=O) groups is 2. The Morgan fingerprint density at radius 1 is 1.12 bits per heavy atom. The topological polar surface area (TPSA) is 89.5 Å². The first-order valence-electron chi connectivity index (χ1n) is 7.11. The zero-order valence-electron chi connectivity index (χ0n) is 13.2. The maximum absolute atomic E-state index is 12.1. The molecule has 0 fully saturated rings. The van der Waals surface area contributed by atoms with Gasteiger partial charge in [-0.2, -0.15) is 0 Å². The van der Waals surface area contributed by atoms with Crippen LogP contribution >= 0.6 is 11.3 Å². The lowest BCUT2D eigenvalue weighted by atomic mass is 10.1. The van der Waals surface area contributed by atoms with Gasteiger partial charge in [0.2, 0.25) is 10.0 Å². The fourth-order valence-corrected chi connectivity index (χ4v) is 3.25. The van der Waals surface area contributed by atoms with Crippen LogP contribution in [0.15, 0.2) is 36.4 Å². The second kappa shape index (κ2) is 7.69. The summed E-state index contributed by atoms with van der Waals surface area (Å²) < 4.78 is 29.7. The van der Waals surface area contributed by atoms with Crippen LogP contribution in [0.5, 0.6) is 5.75 Å². The molecule has 1 aromatic carbocycles. The van der Waals surface area contributed by atoms with Crippen LogP contribution in [0.4, 0.5) is 0 Å². The molecule has 0 aliphatic heterocycles. The Morgan fingerprint density at radius 2 is 1.79 bits per heavy atom. The van der Waals surface area contributed by atoms with Crippen LogP contribution in [0.25, 0.3) is 0 Å². The molecule has 0 amide bonds. The van der Waals surface area contributed by atoms with Crippen molar-refractivity contribution in [3.05, 3.63) is 51.7 Å². The predicted molar refractivity (Wildman–Crippen MR) is 92.3 cm³/mol. The lowest BCUT2D eigenvalue weighted by Gasteiger charge is -2.03. The Labute approximate surface area is 144 Å². The van der Waals surface area contributed by atoms with Gasteiger partial charge in [-0.3, -0.25) is 4.79 Å². The number of esters is 1. The molecule has 2 rings (SSSR count). The van der Waals surface area contributed by atoms with Crippen molar-refractivity contribution >= 4 is 33.1 Å². The molecule has 0 saturated carbocycles. The number of benzene rings is 1. The smallest absolute Gasteiger partial charge is 0.353 e. The van der Waals surface area contributed by atoms with Crippen molar-refractivity contribution in [2.75, 3.05) is 12.8 Å². The summed E-state index contributed by atoms with van der Waals surface area (Å²) in [6.45, 7) is 1.74. The second-order valence-corrected chi connectivity index (χ2v) is 8.15. The Balaban J connectivity index is 1.94. The molecule has 24 heavy (non-hydrogen) atoms. The van der Waals surface area contributed by atoms with E-state index in [9.17, 15) is 18.0 Å². The van der Waals surface area contributed by atoms with E-state index < -0.39 is 16.0 Å².